The Balaban J connectivity index is 1.79. The molecular weight excluding hydrogens is 226 g/mol. The second-order valence-electron chi connectivity index (χ2n) is 7.58. The molecule has 3 aliphatic carbocycles. The number of hydrogen-bond donors (Lipinski definition) is 1. The molecule has 3 aliphatic rings. The van der Waals surface area contributed by atoms with Gasteiger partial charge in [0.05, 0.1) is 0 Å². The Kier molecular flexibility index (Phi) is 3.37. The van der Waals surface area contributed by atoms with Crippen LogP contribution in [0.15, 0.2) is 0 Å². The number of fused-ring (bicyclic) bond motifs is 2. The topological polar surface area (TPSA) is 38.3 Å². The molecule has 3 fully saturated rings. The monoisotopic (exact) mass is 253 g/mol. The molecule has 0 unspecified atom stereocenters. The summed E-state index contributed by atoms with van der Waals surface area (Å²) >= 11 is 0. The van der Waals surface area contributed by atoms with Gasteiger partial charge < -0.3 is 10.1 Å². The highest BCUT2D eigenvalue weighted by Crippen LogP contribution is 2.61. The van der Waals surface area contributed by atoms with Crippen molar-refractivity contribution >= 4 is 6.09 Å². The summed E-state index contributed by atoms with van der Waals surface area (Å²) < 4.78 is 5.28. The van der Waals surface area contributed by atoms with E-state index in [1.54, 1.807) is 0 Å². The molecule has 3 saturated carbocycles. The fourth-order valence-corrected chi connectivity index (χ4v) is 3.74. The molecule has 0 saturated heterocycles. The number of amides is 1. The summed E-state index contributed by atoms with van der Waals surface area (Å²) in [6.07, 6.45) is 3.66. The Hall–Kier alpha value is -0.730. The van der Waals surface area contributed by atoms with E-state index >= 15 is 0 Å². The molecular formula is C15H27NO2. The highest BCUT2D eigenvalue weighted by molar-refractivity contribution is 5.67. The van der Waals surface area contributed by atoms with E-state index in [1.165, 1.54) is 19.3 Å². The third-order valence-corrected chi connectivity index (χ3v) is 4.91. The first-order valence-electron chi connectivity index (χ1n) is 7.17. The van der Waals surface area contributed by atoms with Crippen molar-refractivity contribution in [2.24, 2.45) is 23.2 Å². The first-order valence-corrected chi connectivity index (χ1v) is 7.17. The van der Waals surface area contributed by atoms with Gasteiger partial charge in [-0.3, -0.25) is 0 Å². The summed E-state index contributed by atoms with van der Waals surface area (Å²) in [5.41, 5.74) is 0.0794. The van der Waals surface area contributed by atoms with Crippen LogP contribution in [-0.4, -0.2) is 18.2 Å². The molecule has 2 bridgehead atoms. The molecule has 1 N–H and O–H groups in total. The maximum absolute atomic E-state index is 11.6. The predicted octanol–water partition coefficient (Wildman–Crippen LogP) is 3.58. The maximum Gasteiger partial charge on any atom is 0.407 e. The molecule has 0 heterocycles. The van der Waals surface area contributed by atoms with Gasteiger partial charge in [0.1, 0.15) is 5.60 Å². The SMILES string of the molecule is CC(C)(C)OC(=O)NC[C@@H]1CC[C@H]2C[C@@H]1C2(C)C. The largest absolute Gasteiger partial charge is 0.444 e. The first-order chi connectivity index (χ1) is 8.20. The summed E-state index contributed by atoms with van der Waals surface area (Å²) in [4.78, 5) is 11.6. The lowest BCUT2D eigenvalue weighted by atomic mass is 9.45. The number of hydrogen-bond acceptors (Lipinski definition) is 2. The van der Waals surface area contributed by atoms with Crippen LogP contribution in [0.5, 0.6) is 0 Å². The van der Waals surface area contributed by atoms with Crippen LogP contribution in [0.1, 0.15) is 53.9 Å². The molecule has 0 aromatic carbocycles. The number of ether oxygens (including phenoxy) is 1. The zero-order valence-electron chi connectivity index (χ0n) is 12.4. The van der Waals surface area contributed by atoms with Crippen LogP contribution in [0.3, 0.4) is 0 Å². The van der Waals surface area contributed by atoms with Crippen LogP contribution >= 0.6 is 0 Å². The average Bonchev–Trinajstić information content (AvgIpc) is 2.24. The zero-order chi connectivity index (χ0) is 13.6. The van der Waals surface area contributed by atoms with Crippen LogP contribution in [0.2, 0.25) is 0 Å². The summed E-state index contributed by atoms with van der Waals surface area (Å²) in [5.74, 6) is 2.34. The van der Waals surface area contributed by atoms with Gasteiger partial charge in [-0.15, -0.1) is 0 Å². The lowest BCUT2D eigenvalue weighted by molar-refractivity contribution is -0.103. The van der Waals surface area contributed by atoms with E-state index in [9.17, 15) is 4.79 Å². The maximum atomic E-state index is 11.6. The second kappa shape index (κ2) is 4.43. The van der Waals surface area contributed by atoms with Crippen LogP contribution in [0.25, 0.3) is 0 Å². The average molecular weight is 253 g/mol. The summed E-state index contributed by atoms with van der Waals surface area (Å²) in [6.45, 7) is 11.2. The van der Waals surface area contributed by atoms with Gasteiger partial charge in [0, 0.05) is 6.54 Å². The van der Waals surface area contributed by atoms with Crippen molar-refractivity contribution in [2.75, 3.05) is 6.54 Å². The fraction of sp³-hybridized carbons (Fsp3) is 0.933. The van der Waals surface area contributed by atoms with Crippen LogP contribution < -0.4 is 5.32 Å². The van der Waals surface area contributed by atoms with E-state index in [-0.39, 0.29) is 6.09 Å². The first kappa shape index (κ1) is 13.7. The summed E-state index contributed by atoms with van der Waals surface area (Å²) in [7, 11) is 0. The Morgan fingerprint density at radius 1 is 1.33 bits per heavy atom. The summed E-state index contributed by atoms with van der Waals surface area (Å²) in [6, 6.07) is 0. The minimum absolute atomic E-state index is 0.276. The molecule has 3 heteroatoms. The number of carbonyl (C=O) groups excluding carboxylic acids is 1. The molecule has 1 amide bonds. The van der Waals surface area contributed by atoms with Gasteiger partial charge in [-0.25, -0.2) is 4.79 Å². The highest BCUT2D eigenvalue weighted by Gasteiger charge is 2.53. The number of nitrogens with one attached hydrogen (secondary N) is 1. The number of alkyl carbamates (subject to hydrolysis) is 1. The van der Waals surface area contributed by atoms with E-state index in [1.807, 2.05) is 20.8 Å². The van der Waals surface area contributed by atoms with Crippen molar-refractivity contribution in [1.82, 2.24) is 5.32 Å². The van der Waals surface area contributed by atoms with Gasteiger partial charge in [-0.1, -0.05) is 13.8 Å². The van der Waals surface area contributed by atoms with Gasteiger partial charge in [-0.05, 0) is 63.2 Å². The smallest absolute Gasteiger partial charge is 0.407 e. The van der Waals surface area contributed by atoms with Crippen molar-refractivity contribution < 1.29 is 9.53 Å². The van der Waals surface area contributed by atoms with Gasteiger partial charge in [0.15, 0.2) is 0 Å². The van der Waals surface area contributed by atoms with Gasteiger partial charge in [0.2, 0.25) is 0 Å². The van der Waals surface area contributed by atoms with Gasteiger partial charge in [0.25, 0.3) is 0 Å². The van der Waals surface area contributed by atoms with Crippen LogP contribution in [0.4, 0.5) is 4.79 Å². The molecule has 3 rings (SSSR count). The Morgan fingerprint density at radius 2 is 2.00 bits per heavy atom. The third kappa shape index (κ3) is 2.65. The normalized spacial score (nSPS) is 33.5. The Morgan fingerprint density at radius 3 is 2.50 bits per heavy atom. The summed E-state index contributed by atoms with van der Waals surface area (Å²) in [5, 5.41) is 2.94. The van der Waals surface area contributed by atoms with Gasteiger partial charge >= 0.3 is 6.09 Å². The van der Waals surface area contributed by atoms with Crippen molar-refractivity contribution in [1.29, 1.82) is 0 Å². The zero-order valence-corrected chi connectivity index (χ0v) is 12.4. The lowest BCUT2D eigenvalue weighted by Crippen LogP contribution is -2.54. The van der Waals surface area contributed by atoms with Crippen molar-refractivity contribution in [3.05, 3.63) is 0 Å². The van der Waals surface area contributed by atoms with E-state index in [0.29, 0.717) is 11.3 Å². The number of carbonyl (C=O) groups is 1. The molecule has 0 spiro atoms. The molecule has 3 nitrogen and oxygen atoms in total. The van der Waals surface area contributed by atoms with Crippen molar-refractivity contribution in [3.63, 3.8) is 0 Å². The number of rotatable bonds is 2. The fourth-order valence-electron chi connectivity index (χ4n) is 3.74. The molecule has 0 aromatic rings. The van der Waals surface area contributed by atoms with Crippen molar-refractivity contribution in [2.45, 2.75) is 59.5 Å². The second-order valence-corrected chi connectivity index (χ2v) is 7.58. The molecule has 0 aromatic heterocycles. The molecule has 0 radical (unpaired) electrons. The van der Waals surface area contributed by atoms with E-state index in [0.717, 1.165) is 18.4 Å². The van der Waals surface area contributed by atoms with Crippen molar-refractivity contribution in [3.8, 4) is 0 Å². The molecule has 3 atom stereocenters. The molecule has 0 aliphatic heterocycles. The quantitative estimate of drug-likeness (QED) is 0.817. The van der Waals surface area contributed by atoms with Crippen LogP contribution in [-0.2, 0) is 4.74 Å². The standard InChI is InChI=1S/C15H27NO2/c1-14(2,3)18-13(17)16-9-10-6-7-11-8-12(10)15(11,4)5/h10-12H,6-9H2,1-5H3,(H,16,17)/t10-,11-,12-/m0/s1. The molecule has 104 valence electrons. The minimum Gasteiger partial charge on any atom is -0.444 e. The highest BCUT2D eigenvalue weighted by atomic mass is 16.6. The molecule has 18 heavy (non-hydrogen) atoms. The van der Waals surface area contributed by atoms with Crippen LogP contribution in [0, 0.1) is 23.2 Å². The van der Waals surface area contributed by atoms with E-state index < -0.39 is 5.60 Å². The van der Waals surface area contributed by atoms with E-state index in [4.69, 9.17) is 4.74 Å². The van der Waals surface area contributed by atoms with Gasteiger partial charge in [-0.2, -0.15) is 0 Å². The Bertz CT molecular complexity index is 328. The lowest BCUT2D eigenvalue weighted by Gasteiger charge is -2.60. The minimum atomic E-state index is -0.405. The van der Waals surface area contributed by atoms with E-state index in [2.05, 4.69) is 19.2 Å². The predicted molar refractivity (Wildman–Crippen MR) is 72.3 cm³/mol. The third-order valence-electron chi connectivity index (χ3n) is 4.91. The Labute approximate surface area is 111 Å².